The summed E-state index contributed by atoms with van der Waals surface area (Å²) in [5.41, 5.74) is 0.841. The van der Waals surface area contributed by atoms with Gasteiger partial charge in [-0.05, 0) is 54.9 Å². The number of rotatable bonds is 2. The number of carbonyl (C=O) groups is 2. The van der Waals surface area contributed by atoms with E-state index in [4.69, 9.17) is 14.2 Å². The first-order valence-corrected chi connectivity index (χ1v) is 8.05. The standard InChI is InChI=1S/C17H18O5/c1-2-20-15-21-16-7-9-3-11(18)5-13(9)17(16,22-15)14-6-12(19)4-10(14)8-16/h5-6,9-10,15H,2-4,7-8H2,1H3/t9-,10+,15?,16?,17?. The van der Waals surface area contributed by atoms with Gasteiger partial charge in [0.25, 0.3) is 6.48 Å². The van der Waals surface area contributed by atoms with Crippen LogP contribution in [0.3, 0.4) is 0 Å². The summed E-state index contributed by atoms with van der Waals surface area (Å²) in [5.74, 6) is 0.680. The average molecular weight is 302 g/mol. The molecule has 22 heavy (non-hydrogen) atoms. The lowest BCUT2D eigenvalue weighted by Crippen LogP contribution is -2.44. The molecule has 3 unspecified atom stereocenters. The molecule has 2 saturated carbocycles. The molecule has 0 aromatic rings. The van der Waals surface area contributed by atoms with Crippen molar-refractivity contribution in [1.82, 2.24) is 0 Å². The highest BCUT2D eigenvalue weighted by molar-refractivity contribution is 5.97. The number of hydrogen-bond donors (Lipinski definition) is 0. The summed E-state index contributed by atoms with van der Waals surface area (Å²) in [4.78, 5) is 23.8. The van der Waals surface area contributed by atoms with Crippen molar-refractivity contribution >= 4 is 11.6 Å². The molecule has 1 saturated heterocycles. The van der Waals surface area contributed by atoms with E-state index in [1.54, 1.807) is 12.2 Å². The van der Waals surface area contributed by atoms with Gasteiger partial charge in [-0.2, -0.15) is 0 Å². The minimum absolute atomic E-state index is 0.153. The Kier molecular flexibility index (Phi) is 2.37. The first kappa shape index (κ1) is 13.2. The largest absolute Gasteiger partial charge is 0.330 e. The predicted molar refractivity (Wildman–Crippen MR) is 74.7 cm³/mol. The van der Waals surface area contributed by atoms with Crippen LogP contribution in [0.2, 0.25) is 0 Å². The van der Waals surface area contributed by atoms with E-state index in [2.05, 4.69) is 0 Å². The smallest absolute Gasteiger partial charge is 0.273 e. The fraction of sp³-hybridized carbons (Fsp3) is 0.647. The van der Waals surface area contributed by atoms with Crippen LogP contribution in [-0.2, 0) is 23.8 Å². The van der Waals surface area contributed by atoms with E-state index in [0.717, 1.165) is 24.0 Å². The monoisotopic (exact) mass is 302 g/mol. The lowest BCUT2D eigenvalue weighted by atomic mass is 9.84. The third-order valence-corrected chi connectivity index (χ3v) is 5.91. The molecule has 5 nitrogen and oxygen atoms in total. The zero-order chi connectivity index (χ0) is 15.1. The van der Waals surface area contributed by atoms with Gasteiger partial charge in [-0.3, -0.25) is 9.59 Å². The minimum atomic E-state index is -0.736. The molecule has 0 radical (unpaired) electrons. The molecule has 0 aromatic heterocycles. The second-order valence-corrected chi connectivity index (χ2v) is 7.00. The zero-order valence-electron chi connectivity index (χ0n) is 12.5. The summed E-state index contributed by atoms with van der Waals surface area (Å²) in [5, 5.41) is 0. The minimum Gasteiger partial charge on any atom is -0.330 e. The highest BCUT2D eigenvalue weighted by Gasteiger charge is 2.76. The number of carbonyl (C=O) groups excluding carboxylic acids is 2. The molecule has 0 spiro atoms. The second-order valence-electron chi connectivity index (χ2n) is 7.00. The summed E-state index contributed by atoms with van der Waals surface area (Å²) in [6, 6.07) is 0. The van der Waals surface area contributed by atoms with E-state index in [1.807, 2.05) is 6.92 Å². The number of ether oxygens (including phenoxy) is 3. The summed E-state index contributed by atoms with van der Waals surface area (Å²) in [7, 11) is 0. The summed E-state index contributed by atoms with van der Waals surface area (Å²) >= 11 is 0. The van der Waals surface area contributed by atoms with Gasteiger partial charge in [0.1, 0.15) is 11.2 Å². The summed E-state index contributed by atoms with van der Waals surface area (Å²) in [6.45, 7) is 1.69. The van der Waals surface area contributed by atoms with Crippen LogP contribution in [0.5, 0.6) is 0 Å². The molecule has 1 heterocycles. The summed E-state index contributed by atoms with van der Waals surface area (Å²) in [6.07, 6.45) is 6.12. The van der Waals surface area contributed by atoms with Crippen molar-refractivity contribution in [3.05, 3.63) is 23.3 Å². The first-order valence-electron chi connectivity index (χ1n) is 8.05. The van der Waals surface area contributed by atoms with Crippen LogP contribution < -0.4 is 0 Å². The van der Waals surface area contributed by atoms with Gasteiger partial charge in [0.05, 0.1) is 0 Å². The third-order valence-electron chi connectivity index (χ3n) is 5.91. The van der Waals surface area contributed by atoms with Crippen molar-refractivity contribution in [2.45, 2.75) is 50.3 Å². The van der Waals surface area contributed by atoms with Gasteiger partial charge in [0.15, 0.2) is 11.6 Å². The second kappa shape index (κ2) is 3.96. The highest BCUT2D eigenvalue weighted by Crippen LogP contribution is 2.70. The molecule has 1 aliphatic heterocycles. The number of ketones is 2. The van der Waals surface area contributed by atoms with Crippen LogP contribution in [0.1, 0.15) is 32.6 Å². The Bertz CT molecular complexity index is 616. The SMILES string of the molecule is CCOC1OC23C[C@H]4CC(=O)C=C4C2(O1)C1=CC(=O)C[C@H]1C3. The summed E-state index contributed by atoms with van der Waals surface area (Å²) < 4.78 is 18.0. The Morgan fingerprint density at radius 1 is 1.09 bits per heavy atom. The van der Waals surface area contributed by atoms with Gasteiger partial charge in [-0.25, -0.2) is 0 Å². The quantitative estimate of drug-likeness (QED) is 0.776. The first-order chi connectivity index (χ1) is 10.6. The van der Waals surface area contributed by atoms with Gasteiger partial charge in [-0.1, -0.05) is 0 Å². The van der Waals surface area contributed by atoms with E-state index in [-0.39, 0.29) is 23.4 Å². The van der Waals surface area contributed by atoms with Crippen LogP contribution in [-0.4, -0.2) is 35.9 Å². The zero-order valence-corrected chi connectivity index (χ0v) is 12.5. The lowest BCUT2D eigenvalue weighted by Gasteiger charge is -2.31. The van der Waals surface area contributed by atoms with Gasteiger partial charge >= 0.3 is 0 Å². The van der Waals surface area contributed by atoms with Crippen molar-refractivity contribution in [1.29, 1.82) is 0 Å². The van der Waals surface area contributed by atoms with Crippen LogP contribution in [0, 0.1) is 11.8 Å². The van der Waals surface area contributed by atoms with E-state index < -0.39 is 17.7 Å². The average Bonchev–Trinajstić information content (AvgIpc) is 3.12. The van der Waals surface area contributed by atoms with Crippen molar-refractivity contribution in [2.24, 2.45) is 11.8 Å². The molecular formula is C17H18O5. The molecule has 5 atom stereocenters. The van der Waals surface area contributed by atoms with E-state index in [1.165, 1.54) is 0 Å². The van der Waals surface area contributed by atoms with Crippen LogP contribution in [0.4, 0.5) is 0 Å². The highest BCUT2D eigenvalue weighted by atomic mass is 16.9. The molecular weight excluding hydrogens is 284 g/mol. The van der Waals surface area contributed by atoms with E-state index in [0.29, 0.717) is 19.4 Å². The maximum absolute atomic E-state index is 11.9. The fourth-order valence-electron chi connectivity index (χ4n) is 5.39. The van der Waals surface area contributed by atoms with Crippen molar-refractivity contribution in [3.63, 3.8) is 0 Å². The van der Waals surface area contributed by atoms with Crippen LogP contribution >= 0.6 is 0 Å². The molecule has 3 fully saturated rings. The Morgan fingerprint density at radius 2 is 1.68 bits per heavy atom. The topological polar surface area (TPSA) is 61.8 Å². The van der Waals surface area contributed by atoms with Crippen molar-refractivity contribution < 1.29 is 23.8 Å². The van der Waals surface area contributed by atoms with Crippen LogP contribution in [0.25, 0.3) is 0 Å². The molecule has 5 rings (SSSR count). The molecule has 0 N–H and O–H groups in total. The number of allylic oxidation sites excluding steroid dienone is 2. The molecule has 5 heteroatoms. The molecule has 5 aliphatic rings. The third kappa shape index (κ3) is 1.32. The number of fused-ring (bicyclic) bond motifs is 2. The van der Waals surface area contributed by atoms with Crippen molar-refractivity contribution in [2.75, 3.05) is 6.61 Å². The number of hydrogen-bond acceptors (Lipinski definition) is 5. The Labute approximate surface area is 128 Å². The van der Waals surface area contributed by atoms with Gasteiger partial charge in [-0.15, -0.1) is 0 Å². The van der Waals surface area contributed by atoms with Gasteiger partial charge < -0.3 is 14.2 Å². The molecule has 4 aliphatic carbocycles. The van der Waals surface area contributed by atoms with Gasteiger partial charge in [0, 0.05) is 19.4 Å². The molecule has 0 aromatic carbocycles. The van der Waals surface area contributed by atoms with E-state index >= 15 is 0 Å². The Hall–Kier alpha value is -1.30. The van der Waals surface area contributed by atoms with Gasteiger partial charge in [0.2, 0.25) is 0 Å². The van der Waals surface area contributed by atoms with E-state index in [9.17, 15) is 9.59 Å². The molecule has 116 valence electrons. The maximum atomic E-state index is 11.9. The Balaban J connectivity index is 1.68. The molecule has 0 bridgehead atoms. The normalized spacial score (nSPS) is 48.1. The molecule has 0 amide bonds. The fourth-order valence-corrected chi connectivity index (χ4v) is 5.39. The lowest BCUT2D eigenvalue weighted by molar-refractivity contribution is -0.259. The van der Waals surface area contributed by atoms with Crippen LogP contribution in [0.15, 0.2) is 23.3 Å². The Morgan fingerprint density at radius 3 is 2.23 bits per heavy atom. The van der Waals surface area contributed by atoms with Crippen molar-refractivity contribution in [3.8, 4) is 0 Å². The predicted octanol–water partition coefficient (Wildman–Crippen LogP) is 1.67. The maximum Gasteiger partial charge on any atom is 0.273 e.